The van der Waals surface area contributed by atoms with E-state index >= 15 is 0 Å². The summed E-state index contributed by atoms with van der Waals surface area (Å²) in [7, 11) is 0. The molecule has 6 heteroatoms. The number of ketones is 1. The van der Waals surface area contributed by atoms with Crippen molar-refractivity contribution in [2.45, 2.75) is 46.5 Å². The van der Waals surface area contributed by atoms with Crippen molar-refractivity contribution in [1.82, 2.24) is 10.3 Å². The van der Waals surface area contributed by atoms with E-state index in [-0.39, 0.29) is 17.1 Å². The third-order valence-electron chi connectivity index (χ3n) is 5.95. The number of rotatable bonds is 3. The van der Waals surface area contributed by atoms with Gasteiger partial charge in [0.1, 0.15) is 5.82 Å². The van der Waals surface area contributed by atoms with Crippen molar-refractivity contribution in [2.75, 3.05) is 5.32 Å². The fraction of sp³-hybridized carbons (Fsp3) is 0.320. The maximum absolute atomic E-state index is 13.5. The van der Waals surface area contributed by atoms with E-state index in [1.165, 1.54) is 0 Å². The fourth-order valence-corrected chi connectivity index (χ4v) is 4.83. The van der Waals surface area contributed by atoms with E-state index in [4.69, 9.17) is 0 Å². The molecule has 1 aliphatic carbocycles. The lowest BCUT2D eigenvalue weighted by Crippen LogP contribution is -2.39. The Morgan fingerprint density at radius 1 is 1.16 bits per heavy atom. The lowest BCUT2D eigenvalue weighted by atomic mass is 9.68. The minimum absolute atomic E-state index is 0.103. The molecule has 0 bridgehead atoms. The van der Waals surface area contributed by atoms with E-state index in [1.54, 1.807) is 12.3 Å². The number of nitrogens with one attached hydrogen (secondary N) is 2. The van der Waals surface area contributed by atoms with E-state index in [9.17, 15) is 9.59 Å². The Labute approximate surface area is 191 Å². The number of carbonyl (C=O) groups is 2. The van der Waals surface area contributed by atoms with Crippen LogP contribution in [0.15, 0.2) is 69.6 Å². The van der Waals surface area contributed by atoms with Crippen molar-refractivity contribution in [3.63, 3.8) is 0 Å². The van der Waals surface area contributed by atoms with Crippen LogP contribution in [0.3, 0.4) is 0 Å². The van der Waals surface area contributed by atoms with Gasteiger partial charge in [0.05, 0.1) is 0 Å². The molecule has 1 aliphatic heterocycles. The van der Waals surface area contributed by atoms with Gasteiger partial charge in [-0.05, 0) is 64.9 Å². The number of nitrogens with zero attached hydrogens (tertiary/aromatic N) is 1. The predicted octanol–water partition coefficient (Wildman–Crippen LogP) is 5.40. The number of amides is 1. The largest absolute Gasteiger partial charge is 0.362 e. The summed E-state index contributed by atoms with van der Waals surface area (Å²) >= 11 is 3.36. The molecular weight excluding hydrogens is 454 g/mol. The highest BCUT2D eigenvalue weighted by molar-refractivity contribution is 9.10. The zero-order chi connectivity index (χ0) is 22.3. The maximum Gasteiger partial charge on any atom is 0.255 e. The molecule has 2 N–H and O–H groups in total. The van der Waals surface area contributed by atoms with E-state index < -0.39 is 5.92 Å². The summed E-state index contributed by atoms with van der Waals surface area (Å²) in [6, 6.07) is 11.6. The Morgan fingerprint density at radius 2 is 1.90 bits per heavy atom. The van der Waals surface area contributed by atoms with Crippen molar-refractivity contribution in [1.29, 1.82) is 0 Å². The van der Waals surface area contributed by atoms with Crippen LogP contribution in [0.25, 0.3) is 0 Å². The van der Waals surface area contributed by atoms with Gasteiger partial charge in [-0.15, -0.1) is 0 Å². The molecule has 1 aromatic carbocycles. The quantitative estimate of drug-likeness (QED) is 0.618. The highest BCUT2D eigenvalue weighted by Crippen LogP contribution is 2.47. The molecule has 2 aliphatic rings. The van der Waals surface area contributed by atoms with Crippen molar-refractivity contribution in [2.24, 2.45) is 5.41 Å². The van der Waals surface area contributed by atoms with E-state index in [1.807, 2.05) is 44.2 Å². The first-order chi connectivity index (χ1) is 14.7. The van der Waals surface area contributed by atoms with Crippen molar-refractivity contribution in [3.8, 4) is 0 Å². The first-order valence-corrected chi connectivity index (χ1v) is 11.2. The van der Waals surface area contributed by atoms with Gasteiger partial charge in [0.2, 0.25) is 0 Å². The van der Waals surface area contributed by atoms with Gasteiger partial charge in [0, 0.05) is 45.5 Å². The summed E-state index contributed by atoms with van der Waals surface area (Å²) < 4.78 is 0.836. The second kappa shape index (κ2) is 8.08. The van der Waals surface area contributed by atoms with Crippen LogP contribution < -0.4 is 10.6 Å². The zero-order valence-corrected chi connectivity index (χ0v) is 19.8. The number of aromatic nitrogens is 1. The van der Waals surface area contributed by atoms with Crippen LogP contribution in [0.2, 0.25) is 0 Å². The molecule has 2 aromatic rings. The van der Waals surface area contributed by atoms with Crippen LogP contribution >= 0.6 is 15.9 Å². The molecule has 1 aromatic heterocycles. The van der Waals surface area contributed by atoms with Crippen LogP contribution in [-0.4, -0.2) is 16.7 Å². The SMILES string of the molecule is CC1=C(C(=O)Nc2ccc(Br)cn2)C(c2ccccc2C)C2=C(CC(C)(C)CC2=O)N1. The summed E-state index contributed by atoms with van der Waals surface area (Å²) in [5.41, 5.74) is 4.91. The molecule has 160 valence electrons. The van der Waals surface area contributed by atoms with E-state index in [0.717, 1.165) is 33.4 Å². The second-order valence-electron chi connectivity index (χ2n) is 9.10. The molecule has 0 spiro atoms. The molecule has 31 heavy (non-hydrogen) atoms. The standard InChI is InChI=1S/C25H26BrN3O2/c1-14-7-5-6-8-17(14)22-21(24(31)29-20-10-9-16(26)13-27-20)15(2)28-18-11-25(3,4)12-19(30)23(18)22/h5-10,13,22,28H,11-12H2,1-4H3,(H,27,29,31). The average Bonchev–Trinajstić information content (AvgIpc) is 2.68. The van der Waals surface area contributed by atoms with Crippen molar-refractivity contribution < 1.29 is 9.59 Å². The normalized spacial score (nSPS) is 20.3. The Bertz CT molecular complexity index is 1130. The fourth-order valence-electron chi connectivity index (χ4n) is 4.59. The van der Waals surface area contributed by atoms with E-state index in [0.29, 0.717) is 23.4 Å². The molecule has 4 rings (SSSR count). The molecule has 1 unspecified atom stereocenters. The number of hydrogen-bond acceptors (Lipinski definition) is 4. The van der Waals surface area contributed by atoms with Crippen molar-refractivity contribution >= 4 is 33.4 Å². The van der Waals surface area contributed by atoms with Gasteiger partial charge in [-0.2, -0.15) is 0 Å². The molecule has 0 saturated carbocycles. The number of allylic oxidation sites excluding steroid dienone is 3. The topological polar surface area (TPSA) is 71.1 Å². The minimum atomic E-state index is -0.406. The summed E-state index contributed by atoms with van der Waals surface area (Å²) in [5, 5.41) is 6.31. The Morgan fingerprint density at radius 3 is 2.58 bits per heavy atom. The third-order valence-corrected chi connectivity index (χ3v) is 6.42. The molecule has 0 radical (unpaired) electrons. The summed E-state index contributed by atoms with van der Waals surface area (Å²) in [4.78, 5) is 31.1. The Balaban J connectivity index is 1.81. The number of anilines is 1. The number of aryl methyl sites for hydroxylation is 1. The first kappa shape index (κ1) is 21.5. The number of Topliss-reactive ketones (excluding diaryl/α,β-unsaturated/α-hetero) is 1. The number of hydrogen-bond donors (Lipinski definition) is 2. The van der Waals surface area contributed by atoms with Gasteiger partial charge < -0.3 is 10.6 Å². The van der Waals surface area contributed by atoms with Gasteiger partial charge in [0.15, 0.2) is 5.78 Å². The second-order valence-corrected chi connectivity index (χ2v) is 10.0. The van der Waals surface area contributed by atoms with Crippen LogP contribution in [-0.2, 0) is 9.59 Å². The lowest BCUT2D eigenvalue weighted by Gasteiger charge is -2.40. The highest BCUT2D eigenvalue weighted by Gasteiger charge is 2.43. The van der Waals surface area contributed by atoms with Crippen LogP contribution in [0, 0.1) is 12.3 Å². The van der Waals surface area contributed by atoms with Gasteiger partial charge in [-0.1, -0.05) is 38.1 Å². The smallest absolute Gasteiger partial charge is 0.255 e. The lowest BCUT2D eigenvalue weighted by molar-refractivity contribution is -0.118. The van der Waals surface area contributed by atoms with Crippen molar-refractivity contribution in [3.05, 3.63) is 80.7 Å². The molecular formula is C25H26BrN3O2. The molecule has 1 atom stereocenters. The number of dihydropyridines is 1. The number of halogens is 1. The van der Waals surface area contributed by atoms with Gasteiger partial charge in [-0.25, -0.2) is 4.98 Å². The third kappa shape index (κ3) is 4.22. The Hall–Kier alpha value is -2.73. The number of benzene rings is 1. The first-order valence-electron chi connectivity index (χ1n) is 10.4. The summed E-state index contributed by atoms with van der Waals surface area (Å²) in [5.74, 6) is -0.0896. The molecule has 0 saturated heterocycles. The van der Waals surface area contributed by atoms with Gasteiger partial charge >= 0.3 is 0 Å². The Kier molecular flexibility index (Phi) is 5.60. The molecule has 1 amide bonds. The maximum atomic E-state index is 13.5. The van der Waals surface area contributed by atoms with Crippen LogP contribution in [0.5, 0.6) is 0 Å². The molecule has 0 fully saturated rings. The average molecular weight is 480 g/mol. The van der Waals surface area contributed by atoms with Gasteiger partial charge in [0.25, 0.3) is 5.91 Å². The number of carbonyl (C=O) groups excluding carboxylic acids is 2. The zero-order valence-electron chi connectivity index (χ0n) is 18.2. The highest BCUT2D eigenvalue weighted by atomic mass is 79.9. The van der Waals surface area contributed by atoms with Crippen LogP contribution in [0.1, 0.15) is 50.7 Å². The summed E-state index contributed by atoms with van der Waals surface area (Å²) in [6.07, 6.45) is 2.89. The number of pyridine rings is 1. The van der Waals surface area contributed by atoms with E-state index in [2.05, 4.69) is 45.4 Å². The summed E-state index contributed by atoms with van der Waals surface area (Å²) in [6.45, 7) is 8.15. The van der Waals surface area contributed by atoms with Gasteiger partial charge in [-0.3, -0.25) is 9.59 Å². The van der Waals surface area contributed by atoms with Crippen LogP contribution in [0.4, 0.5) is 5.82 Å². The predicted molar refractivity (Wildman–Crippen MR) is 125 cm³/mol. The monoisotopic (exact) mass is 479 g/mol. The minimum Gasteiger partial charge on any atom is -0.362 e. The molecule has 2 heterocycles. The molecule has 5 nitrogen and oxygen atoms in total.